The van der Waals surface area contributed by atoms with E-state index in [9.17, 15) is 4.79 Å². The number of nitrogens with zero attached hydrogens (tertiary/aromatic N) is 1. The molecule has 5 nitrogen and oxygen atoms in total. The third-order valence-electron chi connectivity index (χ3n) is 2.01. The Morgan fingerprint density at radius 3 is 2.94 bits per heavy atom. The van der Waals surface area contributed by atoms with Crippen molar-refractivity contribution in [3.8, 4) is 5.88 Å². The highest BCUT2D eigenvalue weighted by Gasteiger charge is 2.15. The van der Waals surface area contributed by atoms with E-state index < -0.39 is 12.0 Å². The first-order valence-corrected chi connectivity index (χ1v) is 5.09. The molecule has 5 heteroatoms. The van der Waals surface area contributed by atoms with Crippen LogP contribution in [0.15, 0.2) is 18.2 Å². The second-order valence-corrected chi connectivity index (χ2v) is 3.23. The highest BCUT2D eigenvalue weighted by atomic mass is 16.5. The largest absolute Gasteiger partial charge is 0.481 e. The Labute approximate surface area is 94.6 Å². The fraction of sp³-hybridized carbons (Fsp3) is 0.455. The van der Waals surface area contributed by atoms with E-state index in [0.717, 1.165) is 0 Å². The summed E-state index contributed by atoms with van der Waals surface area (Å²) >= 11 is 0. The van der Waals surface area contributed by atoms with Crippen molar-refractivity contribution in [2.45, 2.75) is 19.4 Å². The SMILES string of the molecule is CCOC(=O)[C@H](N)Cc1cccc(OC)n1. The van der Waals surface area contributed by atoms with Crippen LogP contribution in [0.2, 0.25) is 0 Å². The maximum atomic E-state index is 11.3. The monoisotopic (exact) mass is 224 g/mol. The Bertz CT molecular complexity index is 355. The molecule has 1 heterocycles. The van der Waals surface area contributed by atoms with E-state index in [-0.39, 0.29) is 0 Å². The molecule has 0 saturated carbocycles. The molecule has 16 heavy (non-hydrogen) atoms. The fourth-order valence-electron chi connectivity index (χ4n) is 1.24. The molecule has 88 valence electrons. The Morgan fingerprint density at radius 1 is 1.56 bits per heavy atom. The number of pyridine rings is 1. The van der Waals surface area contributed by atoms with Crippen molar-refractivity contribution in [3.05, 3.63) is 23.9 Å². The molecule has 0 spiro atoms. The molecular formula is C11H16N2O3. The zero-order valence-electron chi connectivity index (χ0n) is 9.47. The van der Waals surface area contributed by atoms with Crippen molar-refractivity contribution in [2.75, 3.05) is 13.7 Å². The summed E-state index contributed by atoms with van der Waals surface area (Å²) in [6.45, 7) is 2.08. The molecule has 0 amide bonds. The third kappa shape index (κ3) is 3.51. The van der Waals surface area contributed by atoms with E-state index in [1.54, 1.807) is 25.1 Å². The third-order valence-corrected chi connectivity index (χ3v) is 2.01. The summed E-state index contributed by atoms with van der Waals surface area (Å²) in [5, 5.41) is 0. The van der Waals surface area contributed by atoms with Gasteiger partial charge in [-0.05, 0) is 13.0 Å². The molecule has 0 aliphatic rings. The van der Waals surface area contributed by atoms with Crippen LogP contribution in [0.4, 0.5) is 0 Å². The van der Waals surface area contributed by atoms with Gasteiger partial charge in [0, 0.05) is 18.2 Å². The van der Waals surface area contributed by atoms with Gasteiger partial charge in [-0.15, -0.1) is 0 Å². The van der Waals surface area contributed by atoms with Crippen molar-refractivity contribution in [1.29, 1.82) is 0 Å². The van der Waals surface area contributed by atoms with Crippen LogP contribution >= 0.6 is 0 Å². The minimum Gasteiger partial charge on any atom is -0.481 e. The van der Waals surface area contributed by atoms with Crippen LogP contribution in [0, 0.1) is 0 Å². The smallest absolute Gasteiger partial charge is 0.323 e. The number of nitrogens with two attached hydrogens (primary N) is 1. The second kappa shape index (κ2) is 6.07. The van der Waals surface area contributed by atoms with E-state index in [1.165, 1.54) is 7.11 Å². The molecule has 0 aliphatic carbocycles. The van der Waals surface area contributed by atoms with Gasteiger partial charge in [-0.2, -0.15) is 0 Å². The summed E-state index contributed by atoms with van der Waals surface area (Å²) in [6.07, 6.45) is 0.343. The molecule has 0 unspecified atom stereocenters. The van der Waals surface area contributed by atoms with Gasteiger partial charge in [-0.1, -0.05) is 6.07 Å². The molecule has 0 saturated heterocycles. The van der Waals surface area contributed by atoms with Gasteiger partial charge < -0.3 is 15.2 Å². The average molecular weight is 224 g/mol. The first kappa shape index (κ1) is 12.4. The Balaban J connectivity index is 2.61. The quantitative estimate of drug-likeness (QED) is 0.738. The summed E-state index contributed by atoms with van der Waals surface area (Å²) in [7, 11) is 1.54. The number of hydrogen-bond acceptors (Lipinski definition) is 5. The number of rotatable bonds is 5. The van der Waals surface area contributed by atoms with Crippen LogP contribution in [0.3, 0.4) is 0 Å². The Kier molecular flexibility index (Phi) is 4.72. The summed E-state index contributed by atoms with van der Waals surface area (Å²) in [4.78, 5) is 15.5. The van der Waals surface area contributed by atoms with Crippen LogP contribution in [0.5, 0.6) is 5.88 Å². The van der Waals surface area contributed by atoms with Gasteiger partial charge in [0.2, 0.25) is 5.88 Å². The van der Waals surface area contributed by atoms with Crippen molar-refractivity contribution in [3.63, 3.8) is 0 Å². The molecule has 1 atom stereocenters. The first-order chi connectivity index (χ1) is 7.67. The number of aromatic nitrogens is 1. The molecule has 0 aromatic carbocycles. The number of carbonyl (C=O) groups excluding carboxylic acids is 1. The topological polar surface area (TPSA) is 74.4 Å². The molecule has 1 aromatic rings. The zero-order chi connectivity index (χ0) is 12.0. The van der Waals surface area contributed by atoms with Crippen molar-refractivity contribution < 1.29 is 14.3 Å². The van der Waals surface area contributed by atoms with Gasteiger partial charge >= 0.3 is 5.97 Å². The second-order valence-electron chi connectivity index (χ2n) is 3.23. The lowest BCUT2D eigenvalue weighted by Crippen LogP contribution is -2.34. The van der Waals surface area contributed by atoms with Crippen molar-refractivity contribution in [2.24, 2.45) is 5.73 Å². The molecule has 1 aromatic heterocycles. The summed E-state index contributed by atoms with van der Waals surface area (Å²) in [5.74, 6) is 0.0979. The predicted octanol–water partition coefficient (Wildman–Crippen LogP) is 0.523. The van der Waals surface area contributed by atoms with Gasteiger partial charge in [-0.3, -0.25) is 4.79 Å². The lowest BCUT2D eigenvalue weighted by molar-refractivity contribution is -0.144. The van der Waals surface area contributed by atoms with E-state index >= 15 is 0 Å². The summed E-state index contributed by atoms with van der Waals surface area (Å²) in [5.41, 5.74) is 6.38. The van der Waals surface area contributed by atoms with Gasteiger partial charge in [0.05, 0.1) is 13.7 Å². The number of hydrogen-bond donors (Lipinski definition) is 1. The van der Waals surface area contributed by atoms with Crippen LogP contribution < -0.4 is 10.5 Å². The van der Waals surface area contributed by atoms with Gasteiger partial charge in [0.25, 0.3) is 0 Å². The molecular weight excluding hydrogens is 208 g/mol. The molecule has 0 fully saturated rings. The molecule has 0 bridgehead atoms. The average Bonchev–Trinajstić information content (AvgIpc) is 2.29. The maximum Gasteiger partial charge on any atom is 0.323 e. The summed E-state index contributed by atoms with van der Waals surface area (Å²) in [6, 6.07) is 4.65. The minimum absolute atomic E-state index is 0.331. The van der Waals surface area contributed by atoms with E-state index in [2.05, 4.69) is 4.98 Å². The number of methoxy groups -OCH3 is 1. The zero-order valence-corrected chi connectivity index (χ0v) is 9.47. The minimum atomic E-state index is -0.681. The lowest BCUT2D eigenvalue weighted by atomic mass is 10.1. The molecule has 2 N–H and O–H groups in total. The van der Waals surface area contributed by atoms with E-state index in [4.69, 9.17) is 15.2 Å². The van der Waals surface area contributed by atoms with Gasteiger partial charge in [0.1, 0.15) is 6.04 Å². The Hall–Kier alpha value is -1.62. The van der Waals surface area contributed by atoms with Crippen LogP contribution in [-0.2, 0) is 16.0 Å². The van der Waals surface area contributed by atoms with Crippen LogP contribution in [0.25, 0.3) is 0 Å². The maximum absolute atomic E-state index is 11.3. The molecule has 1 rings (SSSR count). The molecule has 0 aliphatic heterocycles. The lowest BCUT2D eigenvalue weighted by Gasteiger charge is -2.10. The van der Waals surface area contributed by atoms with Crippen LogP contribution in [0.1, 0.15) is 12.6 Å². The number of carbonyl (C=O) groups is 1. The Morgan fingerprint density at radius 2 is 2.31 bits per heavy atom. The number of ether oxygens (including phenoxy) is 2. The highest BCUT2D eigenvalue weighted by molar-refractivity contribution is 5.75. The predicted molar refractivity (Wildman–Crippen MR) is 59.1 cm³/mol. The normalized spacial score (nSPS) is 11.9. The van der Waals surface area contributed by atoms with E-state index in [1.807, 2.05) is 0 Å². The fourth-order valence-corrected chi connectivity index (χ4v) is 1.24. The van der Waals surface area contributed by atoms with Crippen molar-refractivity contribution in [1.82, 2.24) is 4.98 Å². The first-order valence-electron chi connectivity index (χ1n) is 5.09. The number of esters is 1. The molecule has 0 radical (unpaired) electrons. The van der Waals surface area contributed by atoms with Crippen LogP contribution in [-0.4, -0.2) is 30.7 Å². The highest BCUT2D eigenvalue weighted by Crippen LogP contribution is 2.08. The standard InChI is InChI=1S/C11H16N2O3/c1-3-16-11(14)9(12)7-8-5-4-6-10(13-8)15-2/h4-6,9H,3,7,12H2,1-2H3/t9-/m1/s1. The van der Waals surface area contributed by atoms with Gasteiger partial charge in [0.15, 0.2) is 0 Å². The van der Waals surface area contributed by atoms with E-state index in [0.29, 0.717) is 24.6 Å². The van der Waals surface area contributed by atoms with Crippen molar-refractivity contribution >= 4 is 5.97 Å². The van der Waals surface area contributed by atoms with Gasteiger partial charge in [-0.25, -0.2) is 4.98 Å². The summed E-state index contributed by atoms with van der Waals surface area (Å²) < 4.78 is 9.79.